The first-order chi connectivity index (χ1) is 13.0. The normalized spacial score (nSPS) is 11.0. The minimum Gasteiger partial charge on any atom is -0.493 e. The molecule has 0 saturated carbocycles. The zero-order valence-electron chi connectivity index (χ0n) is 14.9. The van der Waals surface area contributed by atoms with E-state index in [0.717, 1.165) is 36.5 Å². The molecule has 0 spiro atoms. The van der Waals surface area contributed by atoms with E-state index in [1.54, 1.807) is 18.2 Å². The molecule has 0 atom stereocenters. The lowest BCUT2D eigenvalue weighted by Gasteiger charge is -2.10. The number of nitrogens with one attached hydrogen (secondary N) is 2. The molecule has 0 radical (unpaired) electrons. The molecule has 0 unspecified atom stereocenters. The maximum Gasteiger partial charge on any atom is 0.335 e. The van der Waals surface area contributed by atoms with Crippen LogP contribution in [0, 0.1) is 0 Å². The summed E-state index contributed by atoms with van der Waals surface area (Å²) in [5.74, 6) is -0.921. The van der Waals surface area contributed by atoms with Crippen LogP contribution in [0.1, 0.15) is 44.6 Å². The average molecular weight is 393 g/mol. The number of nitrogens with zero attached hydrogens (tertiary/aromatic N) is 2. The molecule has 0 aliphatic carbocycles. The van der Waals surface area contributed by atoms with Crippen LogP contribution in [0.2, 0.25) is 5.02 Å². The second-order valence-electron chi connectivity index (χ2n) is 5.89. The predicted octanol–water partition coefficient (Wildman–Crippen LogP) is 2.31. The number of H-pyrrole nitrogens is 1. The van der Waals surface area contributed by atoms with Crippen molar-refractivity contribution in [1.82, 2.24) is 15.0 Å². The molecule has 0 aliphatic rings. The number of rotatable bonds is 8. The summed E-state index contributed by atoms with van der Waals surface area (Å²) in [5.41, 5.74) is 0.549. The fourth-order valence-electron chi connectivity index (χ4n) is 2.45. The van der Waals surface area contributed by atoms with Crippen LogP contribution in [0.3, 0.4) is 0 Å². The highest BCUT2D eigenvalue weighted by atomic mass is 35.5. The summed E-state index contributed by atoms with van der Waals surface area (Å²) >= 11 is 6.06. The molecule has 0 bridgehead atoms. The van der Waals surface area contributed by atoms with Crippen LogP contribution < -0.4 is 16.7 Å². The Labute approximate surface area is 160 Å². The molecule has 1 amide bonds. The molecular weight excluding hydrogens is 372 g/mol. The first kappa shape index (κ1) is 20.4. The number of aromatic amines is 1. The van der Waals surface area contributed by atoms with Gasteiger partial charge in [0.15, 0.2) is 0 Å². The van der Waals surface area contributed by atoms with Crippen LogP contribution in [0.25, 0.3) is 5.69 Å². The van der Waals surface area contributed by atoms with Gasteiger partial charge in [0.1, 0.15) is 5.56 Å². The molecule has 0 fully saturated rings. The molecule has 1 aromatic carbocycles. The van der Waals surface area contributed by atoms with E-state index < -0.39 is 17.1 Å². The molecule has 144 valence electrons. The van der Waals surface area contributed by atoms with Gasteiger partial charge >= 0.3 is 5.69 Å². The van der Waals surface area contributed by atoms with Crippen LogP contribution in [0.5, 0.6) is 5.88 Å². The zero-order chi connectivity index (χ0) is 19.8. The van der Waals surface area contributed by atoms with Gasteiger partial charge in [-0.05, 0) is 18.6 Å². The molecular formula is C18H21ClN4O4. The van der Waals surface area contributed by atoms with Crippen LogP contribution >= 0.6 is 11.6 Å². The molecule has 0 saturated heterocycles. The van der Waals surface area contributed by atoms with Crippen molar-refractivity contribution in [3.8, 4) is 11.6 Å². The molecule has 0 aliphatic heterocycles. The van der Waals surface area contributed by atoms with Crippen molar-refractivity contribution in [2.24, 2.45) is 5.10 Å². The van der Waals surface area contributed by atoms with Gasteiger partial charge in [-0.25, -0.2) is 14.8 Å². The SMILES string of the molecule is CCCCCCC(=O)N/N=C/c1c(O)n(-c2ccccc2Cl)c(=O)[nH]c1=O. The minimum absolute atomic E-state index is 0.201. The third kappa shape index (κ3) is 5.30. The van der Waals surface area contributed by atoms with Gasteiger partial charge in [0.2, 0.25) is 11.8 Å². The molecule has 27 heavy (non-hydrogen) atoms. The summed E-state index contributed by atoms with van der Waals surface area (Å²) < 4.78 is 0.859. The topological polar surface area (TPSA) is 117 Å². The fourth-order valence-corrected chi connectivity index (χ4v) is 2.67. The number of aromatic nitrogens is 2. The molecule has 2 aromatic rings. The van der Waals surface area contributed by atoms with Gasteiger partial charge < -0.3 is 5.11 Å². The van der Waals surface area contributed by atoms with Gasteiger partial charge in [0, 0.05) is 6.42 Å². The number of halogens is 1. The lowest BCUT2D eigenvalue weighted by atomic mass is 10.1. The van der Waals surface area contributed by atoms with Gasteiger partial charge in [-0.3, -0.25) is 14.6 Å². The summed E-state index contributed by atoms with van der Waals surface area (Å²) in [5, 5.41) is 14.3. The molecule has 2 rings (SSSR count). The summed E-state index contributed by atoms with van der Waals surface area (Å²) in [6, 6.07) is 6.35. The van der Waals surface area contributed by atoms with Crippen molar-refractivity contribution in [3.63, 3.8) is 0 Å². The Morgan fingerprint density at radius 3 is 2.74 bits per heavy atom. The monoisotopic (exact) mass is 392 g/mol. The summed E-state index contributed by atoms with van der Waals surface area (Å²) in [4.78, 5) is 37.9. The lowest BCUT2D eigenvalue weighted by molar-refractivity contribution is -0.121. The second-order valence-corrected chi connectivity index (χ2v) is 6.29. The highest BCUT2D eigenvalue weighted by Gasteiger charge is 2.16. The number of para-hydroxylation sites is 1. The fraction of sp³-hybridized carbons (Fsp3) is 0.333. The Hall–Kier alpha value is -2.87. The van der Waals surface area contributed by atoms with Gasteiger partial charge in [0.25, 0.3) is 5.56 Å². The Balaban J connectivity index is 2.22. The van der Waals surface area contributed by atoms with E-state index in [-0.39, 0.29) is 22.2 Å². The Morgan fingerprint density at radius 2 is 2.04 bits per heavy atom. The van der Waals surface area contributed by atoms with Crippen molar-refractivity contribution in [2.75, 3.05) is 0 Å². The van der Waals surface area contributed by atoms with Crippen molar-refractivity contribution < 1.29 is 9.90 Å². The highest BCUT2D eigenvalue weighted by Crippen LogP contribution is 2.22. The standard InChI is InChI=1S/C18H21ClN4O4/c1-2-3-4-5-10-15(24)22-20-11-12-16(25)21-18(27)23(17(12)26)14-9-7-6-8-13(14)19/h6-9,11,26H,2-5,10H2,1H3,(H,22,24)(H,21,25,27)/b20-11+. The van der Waals surface area contributed by atoms with Crippen LogP contribution in [-0.4, -0.2) is 26.8 Å². The molecule has 3 N–H and O–H groups in total. The summed E-state index contributed by atoms with van der Waals surface area (Å²) in [6.45, 7) is 2.08. The third-order valence-corrected chi connectivity index (χ3v) is 4.17. The first-order valence-corrected chi connectivity index (χ1v) is 8.98. The Bertz CT molecular complexity index is 949. The number of hydrogen-bond acceptors (Lipinski definition) is 5. The quantitative estimate of drug-likeness (QED) is 0.363. The van der Waals surface area contributed by atoms with Crippen LogP contribution in [0.15, 0.2) is 39.0 Å². The van der Waals surface area contributed by atoms with Gasteiger partial charge in [-0.1, -0.05) is 49.9 Å². The summed E-state index contributed by atoms with van der Waals surface area (Å²) in [7, 11) is 0. The number of amides is 1. The molecule has 8 nitrogen and oxygen atoms in total. The second kappa shape index (κ2) is 9.72. The van der Waals surface area contributed by atoms with Crippen molar-refractivity contribution in [2.45, 2.75) is 39.0 Å². The predicted molar refractivity (Wildman–Crippen MR) is 104 cm³/mol. The van der Waals surface area contributed by atoms with Crippen molar-refractivity contribution >= 4 is 23.7 Å². The Morgan fingerprint density at radius 1 is 1.30 bits per heavy atom. The average Bonchev–Trinajstić information content (AvgIpc) is 2.63. The van der Waals surface area contributed by atoms with E-state index in [2.05, 4.69) is 22.4 Å². The van der Waals surface area contributed by atoms with Crippen LogP contribution in [-0.2, 0) is 4.79 Å². The van der Waals surface area contributed by atoms with Crippen LogP contribution in [0.4, 0.5) is 0 Å². The van der Waals surface area contributed by atoms with E-state index in [9.17, 15) is 19.5 Å². The highest BCUT2D eigenvalue weighted by molar-refractivity contribution is 6.32. The van der Waals surface area contributed by atoms with E-state index in [1.165, 1.54) is 6.07 Å². The zero-order valence-corrected chi connectivity index (χ0v) is 15.6. The number of carbonyl (C=O) groups is 1. The van der Waals surface area contributed by atoms with Crippen molar-refractivity contribution in [3.05, 3.63) is 55.7 Å². The minimum atomic E-state index is -0.845. The van der Waals surface area contributed by atoms with E-state index in [1.807, 2.05) is 0 Å². The Kier molecular flexibility index (Phi) is 7.36. The maximum absolute atomic E-state index is 12.1. The van der Waals surface area contributed by atoms with E-state index >= 15 is 0 Å². The van der Waals surface area contributed by atoms with Gasteiger partial charge in [-0.15, -0.1) is 0 Å². The number of aromatic hydroxyl groups is 1. The largest absolute Gasteiger partial charge is 0.493 e. The molecule has 9 heteroatoms. The van der Waals surface area contributed by atoms with E-state index in [0.29, 0.717) is 6.42 Å². The van der Waals surface area contributed by atoms with Gasteiger partial charge in [-0.2, -0.15) is 5.10 Å². The maximum atomic E-state index is 12.1. The van der Waals surface area contributed by atoms with Crippen molar-refractivity contribution in [1.29, 1.82) is 0 Å². The number of hydrazone groups is 1. The number of benzene rings is 1. The number of carbonyl (C=O) groups excluding carboxylic acids is 1. The third-order valence-electron chi connectivity index (χ3n) is 3.85. The number of hydrogen-bond donors (Lipinski definition) is 3. The number of unbranched alkanes of at least 4 members (excludes halogenated alkanes) is 3. The van der Waals surface area contributed by atoms with Gasteiger partial charge in [0.05, 0.1) is 16.9 Å². The molecule has 1 heterocycles. The first-order valence-electron chi connectivity index (χ1n) is 8.60. The lowest BCUT2D eigenvalue weighted by Crippen LogP contribution is -2.31. The smallest absolute Gasteiger partial charge is 0.335 e. The van der Waals surface area contributed by atoms with E-state index in [4.69, 9.17) is 11.6 Å². The molecule has 1 aromatic heterocycles. The summed E-state index contributed by atoms with van der Waals surface area (Å²) in [6.07, 6.45) is 5.14.